The van der Waals surface area contributed by atoms with Gasteiger partial charge in [0.2, 0.25) is 0 Å². The second-order valence-electron chi connectivity index (χ2n) is 7.62. The zero-order chi connectivity index (χ0) is 20.6. The average Bonchev–Trinajstić information content (AvgIpc) is 2.62. The quantitative estimate of drug-likeness (QED) is 0.197. The Kier molecular flexibility index (Phi) is 26.4. The molecule has 0 unspecified atom stereocenters. The van der Waals surface area contributed by atoms with Gasteiger partial charge in [-0.05, 0) is 53.2 Å². The van der Waals surface area contributed by atoms with E-state index in [2.05, 4.69) is 19.1 Å². The van der Waals surface area contributed by atoms with Crippen molar-refractivity contribution in [1.82, 2.24) is 4.90 Å². The smallest absolute Gasteiger partial charge is 0.305 e. The predicted molar refractivity (Wildman–Crippen MR) is 117 cm³/mol. The molecule has 0 aromatic carbocycles. The number of aliphatic hydroxyl groups is 1. The summed E-state index contributed by atoms with van der Waals surface area (Å²) in [4.78, 5) is 13.2. The van der Waals surface area contributed by atoms with Crippen LogP contribution in [0.4, 0.5) is 0 Å². The lowest BCUT2D eigenvalue weighted by atomic mass is 10.1. The highest BCUT2D eigenvalue weighted by Gasteiger charge is 2.01. The molecule has 0 spiro atoms. The van der Waals surface area contributed by atoms with Crippen molar-refractivity contribution < 1.29 is 14.6 Å². The molecule has 0 aromatic rings. The maximum Gasteiger partial charge on any atom is 0.305 e. The molecular weight excluding hydrogens is 338 g/mol. The Morgan fingerprint density at radius 2 is 1.26 bits per heavy atom. The van der Waals surface area contributed by atoms with Crippen molar-refractivity contribution >= 4 is 5.97 Å². The summed E-state index contributed by atoms with van der Waals surface area (Å²) in [5.74, 6) is -0.184. The SMILES string of the molecule is CCCCCCCC/C=C\CCCCCCCC(=O)OCCO.CN(C)C. The summed E-state index contributed by atoms with van der Waals surface area (Å²) < 4.78 is 4.81. The highest BCUT2D eigenvalue weighted by atomic mass is 16.5. The molecule has 0 amide bonds. The van der Waals surface area contributed by atoms with E-state index in [1.807, 2.05) is 26.0 Å². The predicted octanol–water partition coefficient (Wildman–Crippen LogP) is 5.74. The van der Waals surface area contributed by atoms with Crippen LogP contribution in [0.3, 0.4) is 0 Å². The van der Waals surface area contributed by atoms with Gasteiger partial charge in [-0.2, -0.15) is 0 Å². The fourth-order valence-corrected chi connectivity index (χ4v) is 2.57. The number of carbonyl (C=O) groups is 1. The number of unbranched alkanes of at least 4 members (excludes halogenated alkanes) is 11. The largest absolute Gasteiger partial charge is 0.463 e. The fourth-order valence-electron chi connectivity index (χ4n) is 2.57. The summed E-state index contributed by atoms with van der Waals surface area (Å²) in [5.41, 5.74) is 0. The van der Waals surface area contributed by atoms with Gasteiger partial charge in [-0.25, -0.2) is 0 Å². The Labute approximate surface area is 169 Å². The van der Waals surface area contributed by atoms with Gasteiger partial charge in [0.25, 0.3) is 0 Å². The van der Waals surface area contributed by atoms with Crippen LogP contribution in [-0.2, 0) is 9.53 Å². The lowest BCUT2D eigenvalue weighted by molar-refractivity contribution is -0.144. The first-order valence-electron chi connectivity index (χ1n) is 11.1. The minimum Gasteiger partial charge on any atom is -0.463 e. The van der Waals surface area contributed by atoms with E-state index < -0.39 is 0 Å². The number of hydrogen-bond donors (Lipinski definition) is 1. The molecule has 0 aliphatic rings. The van der Waals surface area contributed by atoms with Crippen molar-refractivity contribution in [2.45, 2.75) is 96.8 Å². The lowest BCUT2D eigenvalue weighted by Gasteiger charge is -2.02. The Morgan fingerprint density at radius 1 is 0.815 bits per heavy atom. The molecule has 0 bridgehead atoms. The highest BCUT2D eigenvalue weighted by molar-refractivity contribution is 5.69. The molecule has 0 heterocycles. The summed E-state index contributed by atoms with van der Waals surface area (Å²) in [6, 6.07) is 0. The Hall–Kier alpha value is -0.870. The van der Waals surface area contributed by atoms with E-state index in [0.29, 0.717) is 6.42 Å². The summed E-state index contributed by atoms with van der Waals surface area (Å²) >= 11 is 0. The van der Waals surface area contributed by atoms with Crippen LogP contribution in [0.25, 0.3) is 0 Å². The molecule has 0 saturated heterocycles. The number of carbonyl (C=O) groups excluding carboxylic acids is 1. The molecule has 4 heteroatoms. The summed E-state index contributed by atoms with van der Waals surface area (Å²) in [7, 11) is 6.00. The molecule has 0 aliphatic heterocycles. The van der Waals surface area contributed by atoms with Crippen molar-refractivity contribution in [1.29, 1.82) is 0 Å². The second kappa shape index (κ2) is 25.1. The fraction of sp³-hybridized carbons (Fsp3) is 0.870. The molecule has 0 rings (SSSR count). The van der Waals surface area contributed by atoms with Gasteiger partial charge >= 0.3 is 5.97 Å². The van der Waals surface area contributed by atoms with Crippen molar-refractivity contribution in [3.05, 3.63) is 12.2 Å². The molecule has 0 aliphatic carbocycles. The summed E-state index contributed by atoms with van der Waals surface area (Å²) in [6.07, 6.45) is 21.5. The van der Waals surface area contributed by atoms with Crippen LogP contribution in [0, 0.1) is 0 Å². The van der Waals surface area contributed by atoms with Gasteiger partial charge in [-0.3, -0.25) is 4.79 Å². The minimum absolute atomic E-state index is 0.0852. The number of hydrogen-bond acceptors (Lipinski definition) is 4. The van der Waals surface area contributed by atoms with Gasteiger partial charge in [0.1, 0.15) is 6.61 Å². The van der Waals surface area contributed by atoms with E-state index in [1.54, 1.807) is 0 Å². The first kappa shape index (κ1) is 28.3. The molecule has 0 aromatic heterocycles. The third-order valence-electron chi connectivity index (χ3n) is 4.00. The standard InChI is InChI=1S/C20H38O3.C3H9N/c1-2-3-4-5-6-7-8-9-10-11-12-13-14-15-16-17-20(22)23-19-18-21;1-4(2)3/h9-10,21H,2-8,11-19H2,1H3;1-3H3/b10-9-;. The van der Waals surface area contributed by atoms with E-state index in [4.69, 9.17) is 9.84 Å². The number of allylic oxidation sites excluding steroid dienone is 2. The maximum atomic E-state index is 11.2. The van der Waals surface area contributed by atoms with Gasteiger partial charge < -0.3 is 14.7 Å². The monoisotopic (exact) mass is 385 g/mol. The van der Waals surface area contributed by atoms with Gasteiger partial charge in [0.05, 0.1) is 6.61 Å². The average molecular weight is 386 g/mol. The Morgan fingerprint density at radius 3 is 1.74 bits per heavy atom. The normalized spacial score (nSPS) is 10.9. The first-order chi connectivity index (χ1) is 13.0. The van der Waals surface area contributed by atoms with Crippen LogP contribution in [-0.4, -0.2) is 50.3 Å². The summed E-state index contributed by atoms with van der Waals surface area (Å²) in [6.45, 7) is 2.30. The van der Waals surface area contributed by atoms with Crippen molar-refractivity contribution in [2.75, 3.05) is 34.4 Å². The van der Waals surface area contributed by atoms with Crippen molar-refractivity contribution in [3.8, 4) is 0 Å². The van der Waals surface area contributed by atoms with E-state index in [0.717, 1.165) is 12.8 Å². The Balaban J connectivity index is 0. The van der Waals surface area contributed by atoms with Gasteiger partial charge in [-0.1, -0.05) is 70.4 Å². The van der Waals surface area contributed by atoms with Crippen LogP contribution < -0.4 is 0 Å². The number of rotatable bonds is 17. The lowest BCUT2D eigenvalue weighted by Crippen LogP contribution is -2.07. The molecule has 0 radical (unpaired) electrons. The third kappa shape index (κ3) is 33.2. The van der Waals surface area contributed by atoms with Gasteiger partial charge in [-0.15, -0.1) is 0 Å². The van der Waals surface area contributed by atoms with Crippen molar-refractivity contribution in [3.63, 3.8) is 0 Å². The van der Waals surface area contributed by atoms with Crippen LogP contribution in [0.1, 0.15) is 96.8 Å². The number of ether oxygens (including phenoxy) is 1. The highest BCUT2D eigenvalue weighted by Crippen LogP contribution is 2.10. The molecule has 0 fully saturated rings. The second-order valence-corrected chi connectivity index (χ2v) is 7.62. The van der Waals surface area contributed by atoms with Crippen LogP contribution in [0.15, 0.2) is 12.2 Å². The molecule has 1 N–H and O–H groups in total. The van der Waals surface area contributed by atoms with Crippen LogP contribution in [0.2, 0.25) is 0 Å². The zero-order valence-corrected chi connectivity index (χ0v) is 18.7. The Bertz CT molecular complexity index is 314. The molecule has 0 saturated carbocycles. The molecule has 4 nitrogen and oxygen atoms in total. The van der Waals surface area contributed by atoms with E-state index >= 15 is 0 Å². The van der Waals surface area contributed by atoms with Gasteiger partial charge in [0, 0.05) is 6.42 Å². The van der Waals surface area contributed by atoms with Crippen LogP contribution >= 0.6 is 0 Å². The number of esters is 1. The molecular formula is C23H47NO3. The minimum atomic E-state index is -0.184. The summed E-state index contributed by atoms with van der Waals surface area (Å²) in [5, 5.41) is 8.54. The maximum absolute atomic E-state index is 11.2. The topological polar surface area (TPSA) is 49.8 Å². The first-order valence-corrected chi connectivity index (χ1v) is 11.1. The molecule has 27 heavy (non-hydrogen) atoms. The van der Waals surface area contributed by atoms with E-state index in [-0.39, 0.29) is 19.2 Å². The number of nitrogens with zero attached hydrogens (tertiary/aromatic N) is 1. The zero-order valence-electron chi connectivity index (χ0n) is 18.7. The van der Waals surface area contributed by atoms with Crippen LogP contribution in [0.5, 0.6) is 0 Å². The van der Waals surface area contributed by atoms with E-state index in [9.17, 15) is 4.79 Å². The van der Waals surface area contributed by atoms with E-state index in [1.165, 1.54) is 70.6 Å². The molecule has 0 atom stereocenters. The number of aliphatic hydroxyl groups excluding tert-OH is 1. The van der Waals surface area contributed by atoms with Crippen molar-refractivity contribution in [2.24, 2.45) is 0 Å². The third-order valence-corrected chi connectivity index (χ3v) is 4.00. The van der Waals surface area contributed by atoms with Gasteiger partial charge in [0.15, 0.2) is 0 Å². The molecule has 162 valence electrons.